The Morgan fingerprint density at radius 3 is 2.91 bits per heavy atom. The summed E-state index contributed by atoms with van der Waals surface area (Å²) in [6.07, 6.45) is 2.76. The van der Waals surface area contributed by atoms with Gasteiger partial charge in [-0.15, -0.1) is 0 Å². The van der Waals surface area contributed by atoms with Crippen molar-refractivity contribution in [3.05, 3.63) is 64.5 Å². The van der Waals surface area contributed by atoms with Crippen LogP contribution in [0.4, 0.5) is 0 Å². The molecule has 3 aromatic rings. The molecule has 2 N–H and O–H groups in total. The van der Waals surface area contributed by atoms with Gasteiger partial charge >= 0.3 is 0 Å². The molecule has 0 atom stereocenters. The van der Waals surface area contributed by atoms with E-state index in [1.165, 1.54) is 16.5 Å². The maximum absolute atomic E-state index is 4.50. The van der Waals surface area contributed by atoms with E-state index in [0.717, 1.165) is 31.0 Å². The number of hydrogen-bond donors (Lipinski definition) is 2. The SMILES string of the molecule is CN=C(NCCc1cccc2cccnc12)NCc1ccsc1. The first-order chi connectivity index (χ1) is 11.4. The topological polar surface area (TPSA) is 49.3 Å². The Labute approximate surface area is 140 Å². The second-order valence-corrected chi connectivity index (χ2v) is 6.01. The van der Waals surface area contributed by atoms with Gasteiger partial charge in [0.05, 0.1) is 5.52 Å². The lowest BCUT2D eigenvalue weighted by Gasteiger charge is -2.12. The predicted molar refractivity (Wildman–Crippen MR) is 98.0 cm³/mol. The summed E-state index contributed by atoms with van der Waals surface area (Å²) in [5.41, 5.74) is 3.61. The Balaban J connectivity index is 1.55. The standard InChI is InChI=1S/C18H20N4S/c1-19-18(22-12-14-8-11-23-13-14)21-10-7-16-5-2-4-15-6-3-9-20-17(15)16/h2-6,8-9,11,13H,7,10,12H2,1H3,(H2,19,21,22). The minimum atomic E-state index is 0.791. The van der Waals surface area contributed by atoms with Crippen LogP contribution in [0.15, 0.2) is 58.3 Å². The van der Waals surface area contributed by atoms with E-state index in [2.05, 4.69) is 61.7 Å². The number of thiophene rings is 1. The second-order valence-electron chi connectivity index (χ2n) is 5.23. The van der Waals surface area contributed by atoms with Gasteiger partial charge in [0.25, 0.3) is 0 Å². The van der Waals surface area contributed by atoms with Gasteiger partial charge in [-0.05, 0) is 40.4 Å². The highest BCUT2D eigenvalue weighted by molar-refractivity contribution is 7.07. The molecule has 0 saturated heterocycles. The summed E-state index contributed by atoms with van der Waals surface area (Å²) < 4.78 is 0. The lowest BCUT2D eigenvalue weighted by molar-refractivity contribution is 0.797. The second kappa shape index (κ2) is 7.74. The third kappa shape index (κ3) is 4.07. The average molecular weight is 324 g/mol. The highest BCUT2D eigenvalue weighted by Gasteiger charge is 2.03. The lowest BCUT2D eigenvalue weighted by atomic mass is 10.1. The molecule has 2 heterocycles. The summed E-state index contributed by atoms with van der Waals surface area (Å²) in [4.78, 5) is 8.76. The molecule has 0 spiro atoms. The Bertz CT molecular complexity index is 775. The van der Waals surface area contributed by atoms with Crippen LogP contribution in [0.1, 0.15) is 11.1 Å². The Kier molecular flexibility index (Phi) is 5.21. The monoisotopic (exact) mass is 324 g/mol. The number of nitrogens with one attached hydrogen (secondary N) is 2. The number of fused-ring (bicyclic) bond motifs is 1. The van der Waals surface area contributed by atoms with Crippen molar-refractivity contribution in [3.63, 3.8) is 0 Å². The van der Waals surface area contributed by atoms with Crippen LogP contribution in [0, 0.1) is 0 Å². The van der Waals surface area contributed by atoms with Crippen LogP contribution in [0.2, 0.25) is 0 Å². The largest absolute Gasteiger partial charge is 0.356 e. The van der Waals surface area contributed by atoms with Crippen molar-refractivity contribution in [3.8, 4) is 0 Å². The van der Waals surface area contributed by atoms with Crippen molar-refractivity contribution in [1.29, 1.82) is 0 Å². The van der Waals surface area contributed by atoms with Crippen molar-refractivity contribution in [2.24, 2.45) is 4.99 Å². The fourth-order valence-corrected chi connectivity index (χ4v) is 3.15. The van der Waals surface area contributed by atoms with Crippen LogP contribution >= 0.6 is 11.3 Å². The molecule has 1 aromatic carbocycles. The molecule has 0 aliphatic rings. The Hall–Kier alpha value is -2.40. The third-order valence-corrected chi connectivity index (χ3v) is 4.40. The Morgan fingerprint density at radius 1 is 1.17 bits per heavy atom. The van der Waals surface area contributed by atoms with E-state index in [0.29, 0.717) is 0 Å². The fourth-order valence-electron chi connectivity index (χ4n) is 2.48. The average Bonchev–Trinajstić information content (AvgIpc) is 3.11. The summed E-state index contributed by atoms with van der Waals surface area (Å²) in [7, 11) is 1.79. The number of nitrogens with zero attached hydrogens (tertiary/aromatic N) is 2. The van der Waals surface area contributed by atoms with Gasteiger partial charge in [-0.25, -0.2) is 0 Å². The number of guanidine groups is 1. The summed E-state index contributed by atoms with van der Waals surface area (Å²) in [6.45, 7) is 1.61. The third-order valence-electron chi connectivity index (χ3n) is 3.67. The number of para-hydroxylation sites is 1. The molecule has 23 heavy (non-hydrogen) atoms. The number of rotatable bonds is 5. The van der Waals surface area contributed by atoms with Gasteiger partial charge in [0.1, 0.15) is 0 Å². The summed E-state index contributed by atoms with van der Waals surface area (Å²) in [5, 5.41) is 12.1. The van der Waals surface area contributed by atoms with Gasteiger partial charge in [-0.2, -0.15) is 11.3 Å². The molecule has 0 fully saturated rings. The van der Waals surface area contributed by atoms with E-state index >= 15 is 0 Å². The number of aliphatic imine (C=N–C) groups is 1. The van der Waals surface area contributed by atoms with Crippen LogP contribution < -0.4 is 10.6 Å². The highest BCUT2D eigenvalue weighted by atomic mass is 32.1. The lowest BCUT2D eigenvalue weighted by Crippen LogP contribution is -2.37. The quantitative estimate of drug-likeness (QED) is 0.560. The van der Waals surface area contributed by atoms with Crippen molar-refractivity contribution < 1.29 is 0 Å². The number of aromatic nitrogens is 1. The van der Waals surface area contributed by atoms with Gasteiger partial charge in [0, 0.05) is 31.7 Å². The van der Waals surface area contributed by atoms with Gasteiger partial charge in [-0.3, -0.25) is 9.98 Å². The first-order valence-corrected chi connectivity index (χ1v) is 8.59. The molecule has 118 valence electrons. The normalized spacial score (nSPS) is 11.6. The van der Waals surface area contributed by atoms with Crippen LogP contribution in [-0.4, -0.2) is 24.5 Å². The van der Waals surface area contributed by atoms with Gasteiger partial charge in [-0.1, -0.05) is 24.3 Å². The number of pyridine rings is 1. The number of benzene rings is 1. The van der Waals surface area contributed by atoms with E-state index in [-0.39, 0.29) is 0 Å². The summed E-state index contributed by atoms with van der Waals surface area (Å²) >= 11 is 1.71. The van der Waals surface area contributed by atoms with Crippen molar-refractivity contribution in [1.82, 2.24) is 15.6 Å². The predicted octanol–water partition coefficient (Wildman–Crippen LogP) is 3.20. The first-order valence-electron chi connectivity index (χ1n) is 7.65. The molecule has 0 saturated carbocycles. The molecule has 3 rings (SSSR count). The maximum atomic E-state index is 4.50. The van der Waals surface area contributed by atoms with Crippen molar-refractivity contribution in [2.45, 2.75) is 13.0 Å². The first kappa shape index (κ1) is 15.5. The fraction of sp³-hybridized carbons (Fsp3) is 0.222. The van der Waals surface area contributed by atoms with Crippen LogP contribution in [0.25, 0.3) is 10.9 Å². The molecular weight excluding hydrogens is 304 g/mol. The molecule has 4 nitrogen and oxygen atoms in total. The molecule has 0 radical (unpaired) electrons. The zero-order valence-electron chi connectivity index (χ0n) is 13.1. The molecule has 0 aliphatic heterocycles. The molecule has 2 aromatic heterocycles. The smallest absolute Gasteiger partial charge is 0.191 e. The van der Waals surface area contributed by atoms with Crippen molar-refractivity contribution in [2.75, 3.05) is 13.6 Å². The zero-order chi connectivity index (χ0) is 15.9. The van der Waals surface area contributed by atoms with Crippen molar-refractivity contribution >= 4 is 28.2 Å². The minimum absolute atomic E-state index is 0.791. The summed E-state index contributed by atoms with van der Waals surface area (Å²) in [6, 6.07) is 12.5. The molecule has 0 aliphatic carbocycles. The molecule has 0 unspecified atom stereocenters. The Morgan fingerprint density at radius 2 is 2.09 bits per heavy atom. The van der Waals surface area contributed by atoms with E-state index in [1.54, 1.807) is 18.4 Å². The van der Waals surface area contributed by atoms with Gasteiger partial charge < -0.3 is 10.6 Å². The number of hydrogen-bond acceptors (Lipinski definition) is 3. The van der Waals surface area contributed by atoms with E-state index in [4.69, 9.17) is 0 Å². The minimum Gasteiger partial charge on any atom is -0.356 e. The molecular formula is C18H20N4S. The van der Waals surface area contributed by atoms with Crippen LogP contribution in [0.3, 0.4) is 0 Å². The van der Waals surface area contributed by atoms with Crippen LogP contribution in [-0.2, 0) is 13.0 Å². The van der Waals surface area contributed by atoms with E-state index in [9.17, 15) is 0 Å². The van der Waals surface area contributed by atoms with Gasteiger partial charge in [0.2, 0.25) is 0 Å². The van der Waals surface area contributed by atoms with E-state index in [1.807, 2.05) is 12.3 Å². The van der Waals surface area contributed by atoms with E-state index < -0.39 is 0 Å². The summed E-state index contributed by atoms with van der Waals surface area (Å²) in [5.74, 6) is 0.824. The van der Waals surface area contributed by atoms with Crippen LogP contribution in [0.5, 0.6) is 0 Å². The molecule has 0 amide bonds. The molecule has 0 bridgehead atoms. The van der Waals surface area contributed by atoms with Gasteiger partial charge in [0.15, 0.2) is 5.96 Å². The zero-order valence-corrected chi connectivity index (χ0v) is 13.9. The molecule has 5 heteroatoms. The maximum Gasteiger partial charge on any atom is 0.191 e. The highest BCUT2D eigenvalue weighted by Crippen LogP contribution is 2.15.